The van der Waals surface area contributed by atoms with Crippen LogP contribution >= 0.6 is 0 Å². The first kappa shape index (κ1) is 64.5. The van der Waals surface area contributed by atoms with Crippen LogP contribution in [0.5, 0.6) is 0 Å². The number of esters is 3. The van der Waals surface area contributed by atoms with Crippen molar-refractivity contribution in [2.45, 2.75) is 232 Å². The molecule has 388 valence electrons. The van der Waals surface area contributed by atoms with Crippen LogP contribution in [0.25, 0.3) is 0 Å². The molecule has 69 heavy (non-hydrogen) atoms. The van der Waals surface area contributed by atoms with Gasteiger partial charge in [0.25, 0.3) is 0 Å². The van der Waals surface area contributed by atoms with Gasteiger partial charge < -0.3 is 14.2 Å². The van der Waals surface area contributed by atoms with Gasteiger partial charge in [-0.3, -0.25) is 14.4 Å². The van der Waals surface area contributed by atoms with Gasteiger partial charge in [0, 0.05) is 19.3 Å². The first-order valence-electron chi connectivity index (χ1n) is 27.7. The van der Waals surface area contributed by atoms with Crippen molar-refractivity contribution in [3.05, 3.63) is 134 Å². The molecule has 0 saturated carbocycles. The third kappa shape index (κ3) is 54.4. The molecule has 0 bridgehead atoms. The molecule has 6 nitrogen and oxygen atoms in total. The number of allylic oxidation sites excluding steroid dienone is 22. The maximum absolute atomic E-state index is 12.7. The summed E-state index contributed by atoms with van der Waals surface area (Å²) in [5.41, 5.74) is 0. The molecule has 0 spiro atoms. The van der Waals surface area contributed by atoms with Crippen LogP contribution in [0.1, 0.15) is 226 Å². The van der Waals surface area contributed by atoms with Crippen LogP contribution < -0.4 is 0 Å². The molecule has 1 unspecified atom stereocenters. The van der Waals surface area contributed by atoms with E-state index in [-0.39, 0.29) is 31.1 Å². The highest BCUT2D eigenvalue weighted by atomic mass is 16.6. The summed E-state index contributed by atoms with van der Waals surface area (Å²) in [6.45, 7) is 6.36. The minimum atomic E-state index is -0.799. The predicted octanol–water partition coefficient (Wildman–Crippen LogP) is 18.6. The Hall–Kier alpha value is -4.45. The van der Waals surface area contributed by atoms with E-state index in [1.165, 1.54) is 38.5 Å². The van der Waals surface area contributed by atoms with Crippen molar-refractivity contribution in [2.75, 3.05) is 13.2 Å². The topological polar surface area (TPSA) is 78.9 Å². The first-order chi connectivity index (χ1) is 34.0. The highest BCUT2D eigenvalue weighted by molar-refractivity contribution is 5.71. The third-order valence-electron chi connectivity index (χ3n) is 11.1. The first-order valence-corrected chi connectivity index (χ1v) is 27.7. The molecule has 0 N–H and O–H groups in total. The highest BCUT2D eigenvalue weighted by Gasteiger charge is 2.19. The Bertz CT molecular complexity index is 1510. The zero-order valence-corrected chi connectivity index (χ0v) is 44.3. The van der Waals surface area contributed by atoms with Gasteiger partial charge in [0.15, 0.2) is 6.10 Å². The molecule has 0 aromatic carbocycles. The van der Waals surface area contributed by atoms with E-state index >= 15 is 0 Å². The minimum absolute atomic E-state index is 0.0991. The SMILES string of the molecule is CC/C=C\C/C=C\C/C=C\C/C=C\C/C=C\C/C=C\C/C=C\C/C=C\C/C=C\C/C=C\CCCCC(=O)OCC(COC(=O)CCCCCCC)OC(=O)CCCCCCC/C=C\CCCCCC. The Kier molecular flexibility index (Phi) is 52.5. The number of carbonyl (C=O) groups is 3. The van der Waals surface area contributed by atoms with Gasteiger partial charge in [0.2, 0.25) is 0 Å². The maximum Gasteiger partial charge on any atom is 0.306 e. The van der Waals surface area contributed by atoms with E-state index in [1.54, 1.807) is 0 Å². The molecule has 0 aromatic heterocycles. The van der Waals surface area contributed by atoms with E-state index in [9.17, 15) is 14.4 Å². The summed E-state index contributed by atoms with van der Waals surface area (Å²) < 4.78 is 16.6. The van der Waals surface area contributed by atoms with Crippen molar-refractivity contribution in [1.82, 2.24) is 0 Å². The Morgan fingerprint density at radius 2 is 0.565 bits per heavy atom. The van der Waals surface area contributed by atoms with E-state index < -0.39 is 6.10 Å². The van der Waals surface area contributed by atoms with Crippen LogP contribution in [-0.2, 0) is 28.6 Å². The minimum Gasteiger partial charge on any atom is -0.462 e. The fourth-order valence-corrected chi connectivity index (χ4v) is 6.99. The van der Waals surface area contributed by atoms with Crippen molar-refractivity contribution < 1.29 is 28.6 Å². The van der Waals surface area contributed by atoms with E-state index in [4.69, 9.17) is 14.2 Å². The molecule has 1 atom stereocenters. The number of rotatable bonds is 48. The lowest BCUT2D eigenvalue weighted by atomic mass is 10.1. The van der Waals surface area contributed by atoms with Gasteiger partial charge in [-0.05, 0) is 122 Å². The Balaban J connectivity index is 4.19. The fourth-order valence-electron chi connectivity index (χ4n) is 6.99. The lowest BCUT2D eigenvalue weighted by molar-refractivity contribution is -0.167. The number of ether oxygens (including phenoxy) is 3. The van der Waals surface area contributed by atoms with Crippen LogP contribution in [0, 0.1) is 0 Å². The molecule has 0 aromatic rings. The molecule has 0 heterocycles. The average molecular weight is 953 g/mol. The summed E-state index contributed by atoms with van der Waals surface area (Å²) in [5.74, 6) is -0.977. The van der Waals surface area contributed by atoms with E-state index in [0.717, 1.165) is 141 Å². The fraction of sp³-hybridized carbons (Fsp3) is 0.603. The molecule has 0 radical (unpaired) electrons. The second kappa shape index (κ2) is 56.1. The number of unbranched alkanes of at least 4 members (excludes halogenated alkanes) is 15. The molecule has 6 heteroatoms. The summed E-state index contributed by atoms with van der Waals surface area (Å²) in [5, 5.41) is 0. The zero-order valence-electron chi connectivity index (χ0n) is 44.3. The van der Waals surface area contributed by atoms with Crippen LogP contribution in [0.2, 0.25) is 0 Å². The van der Waals surface area contributed by atoms with Crippen LogP contribution in [-0.4, -0.2) is 37.2 Å². The molecule has 0 aliphatic rings. The van der Waals surface area contributed by atoms with Crippen molar-refractivity contribution in [1.29, 1.82) is 0 Å². The molecule has 0 aliphatic carbocycles. The lowest BCUT2D eigenvalue weighted by Crippen LogP contribution is -2.30. The van der Waals surface area contributed by atoms with Crippen LogP contribution in [0.4, 0.5) is 0 Å². The van der Waals surface area contributed by atoms with Crippen molar-refractivity contribution in [3.8, 4) is 0 Å². The Morgan fingerprint density at radius 1 is 0.304 bits per heavy atom. The standard InChI is InChI=1S/C63H100O6/c1-4-7-10-13-15-17-19-21-22-23-24-25-26-27-28-29-30-31-32-33-34-35-36-37-38-39-40-42-43-45-47-50-53-56-62(65)68-59-60(58-67-61(64)55-52-49-12-9-6-3)69-63(66)57-54-51-48-46-44-41-20-18-16-14-11-8-5-2/h7,10,15,17-18,20-22,24-25,27-28,30-31,33-34,36-37,39-40,43,45,60H,4-6,8-9,11-14,16,19,23,26,29,32,35,38,41-42,44,46-59H2,1-3H3/b10-7-,17-15-,20-18-,22-21-,25-24-,28-27-,31-30-,34-33-,37-36-,40-39-,45-43-. The molecular formula is C63H100O6. The highest BCUT2D eigenvalue weighted by Crippen LogP contribution is 2.12. The van der Waals surface area contributed by atoms with Gasteiger partial charge in [0.05, 0.1) is 0 Å². The summed E-state index contributed by atoms with van der Waals surface area (Å²) in [6, 6.07) is 0. The quantitative estimate of drug-likeness (QED) is 0.0262. The van der Waals surface area contributed by atoms with Gasteiger partial charge in [-0.15, -0.1) is 0 Å². The van der Waals surface area contributed by atoms with Gasteiger partial charge >= 0.3 is 17.9 Å². The average Bonchev–Trinajstić information content (AvgIpc) is 3.35. The number of hydrogen-bond acceptors (Lipinski definition) is 6. The van der Waals surface area contributed by atoms with Crippen molar-refractivity contribution in [3.63, 3.8) is 0 Å². The molecular weight excluding hydrogens is 853 g/mol. The smallest absolute Gasteiger partial charge is 0.306 e. The van der Waals surface area contributed by atoms with Gasteiger partial charge in [0.1, 0.15) is 13.2 Å². The summed E-state index contributed by atoms with van der Waals surface area (Å²) >= 11 is 0. The number of carbonyl (C=O) groups excluding carboxylic acids is 3. The molecule has 0 fully saturated rings. The second-order valence-electron chi connectivity index (χ2n) is 17.8. The van der Waals surface area contributed by atoms with E-state index in [2.05, 4.69) is 154 Å². The lowest BCUT2D eigenvalue weighted by Gasteiger charge is -2.18. The predicted molar refractivity (Wildman–Crippen MR) is 297 cm³/mol. The monoisotopic (exact) mass is 953 g/mol. The molecule has 0 amide bonds. The third-order valence-corrected chi connectivity index (χ3v) is 11.1. The molecule has 0 saturated heterocycles. The normalized spacial score (nSPS) is 13.1. The van der Waals surface area contributed by atoms with Crippen LogP contribution in [0.15, 0.2) is 134 Å². The van der Waals surface area contributed by atoms with Crippen molar-refractivity contribution in [2.24, 2.45) is 0 Å². The Labute approximate surface area is 424 Å². The van der Waals surface area contributed by atoms with Gasteiger partial charge in [-0.25, -0.2) is 0 Å². The number of hydrogen-bond donors (Lipinski definition) is 0. The maximum atomic E-state index is 12.7. The molecule has 0 aliphatic heterocycles. The van der Waals surface area contributed by atoms with Gasteiger partial charge in [-0.1, -0.05) is 219 Å². The summed E-state index contributed by atoms with van der Waals surface area (Å²) in [4.78, 5) is 37.6. The second-order valence-corrected chi connectivity index (χ2v) is 17.8. The zero-order chi connectivity index (χ0) is 50.0. The Morgan fingerprint density at radius 3 is 0.942 bits per heavy atom. The van der Waals surface area contributed by atoms with E-state index in [0.29, 0.717) is 25.7 Å². The largest absolute Gasteiger partial charge is 0.462 e. The van der Waals surface area contributed by atoms with Crippen LogP contribution in [0.3, 0.4) is 0 Å². The summed E-state index contributed by atoms with van der Waals surface area (Å²) in [6.07, 6.45) is 79.2. The van der Waals surface area contributed by atoms with Crippen molar-refractivity contribution >= 4 is 17.9 Å². The molecule has 0 rings (SSSR count). The van der Waals surface area contributed by atoms with E-state index in [1.807, 2.05) is 0 Å². The van der Waals surface area contributed by atoms with Gasteiger partial charge in [-0.2, -0.15) is 0 Å². The summed E-state index contributed by atoms with van der Waals surface area (Å²) in [7, 11) is 0.